The van der Waals surface area contributed by atoms with E-state index in [2.05, 4.69) is 19.9 Å². The molecule has 0 radical (unpaired) electrons. The first-order valence-corrected chi connectivity index (χ1v) is 3.66. The van der Waals surface area contributed by atoms with Gasteiger partial charge in [-0.25, -0.2) is 0 Å². The van der Waals surface area contributed by atoms with Crippen LogP contribution < -0.4 is 0 Å². The standard InChI is InChI=1S/C8H14O2/c1-4-9-8-7(10-8)5-6(2)3/h5,7-8H,4H2,1-3H3. The highest BCUT2D eigenvalue weighted by Gasteiger charge is 2.37. The van der Waals surface area contributed by atoms with Crippen LogP contribution >= 0.6 is 0 Å². The Kier molecular flexibility index (Phi) is 2.46. The molecule has 1 heterocycles. The summed E-state index contributed by atoms with van der Waals surface area (Å²) in [6.07, 6.45) is 2.35. The average molecular weight is 142 g/mol. The van der Waals surface area contributed by atoms with Crippen LogP contribution in [0, 0.1) is 0 Å². The van der Waals surface area contributed by atoms with Crippen LogP contribution in [0.4, 0.5) is 0 Å². The zero-order valence-corrected chi connectivity index (χ0v) is 6.76. The van der Waals surface area contributed by atoms with Crippen LogP contribution in [0.25, 0.3) is 0 Å². The van der Waals surface area contributed by atoms with Gasteiger partial charge in [0.15, 0.2) is 6.29 Å². The van der Waals surface area contributed by atoms with Crippen LogP contribution in [0.5, 0.6) is 0 Å². The van der Waals surface area contributed by atoms with E-state index in [1.54, 1.807) is 0 Å². The molecule has 0 spiro atoms. The van der Waals surface area contributed by atoms with Gasteiger partial charge in [-0.15, -0.1) is 0 Å². The Hall–Kier alpha value is -0.340. The maximum Gasteiger partial charge on any atom is 0.188 e. The Morgan fingerprint density at radius 3 is 2.80 bits per heavy atom. The Labute approximate surface area is 61.8 Å². The van der Waals surface area contributed by atoms with Crippen molar-refractivity contribution in [2.24, 2.45) is 0 Å². The molecular weight excluding hydrogens is 128 g/mol. The molecule has 0 aromatic rings. The van der Waals surface area contributed by atoms with Crippen LogP contribution in [0.3, 0.4) is 0 Å². The minimum absolute atomic E-state index is 0.0416. The summed E-state index contributed by atoms with van der Waals surface area (Å²) >= 11 is 0. The summed E-state index contributed by atoms with van der Waals surface area (Å²) in [5, 5.41) is 0. The second-order valence-corrected chi connectivity index (χ2v) is 2.67. The molecule has 1 aliphatic heterocycles. The highest BCUT2D eigenvalue weighted by atomic mass is 16.8. The number of hydrogen-bond donors (Lipinski definition) is 0. The zero-order chi connectivity index (χ0) is 7.56. The molecule has 2 nitrogen and oxygen atoms in total. The predicted octanol–water partition coefficient (Wildman–Crippen LogP) is 1.71. The van der Waals surface area contributed by atoms with Gasteiger partial charge in [0, 0.05) is 6.61 Å². The van der Waals surface area contributed by atoms with E-state index in [-0.39, 0.29) is 12.4 Å². The fourth-order valence-corrected chi connectivity index (χ4v) is 0.854. The van der Waals surface area contributed by atoms with Gasteiger partial charge in [0.2, 0.25) is 0 Å². The topological polar surface area (TPSA) is 21.8 Å². The molecule has 1 saturated heterocycles. The van der Waals surface area contributed by atoms with Crippen molar-refractivity contribution in [3.05, 3.63) is 11.6 Å². The van der Waals surface area contributed by atoms with Crippen molar-refractivity contribution >= 4 is 0 Å². The second kappa shape index (κ2) is 3.17. The molecule has 0 aliphatic carbocycles. The van der Waals surface area contributed by atoms with E-state index in [1.165, 1.54) is 5.57 Å². The monoisotopic (exact) mass is 142 g/mol. The molecule has 0 aromatic carbocycles. The largest absolute Gasteiger partial charge is 0.350 e. The lowest BCUT2D eigenvalue weighted by molar-refractivity contribution is 0.0593. The molecule has 10 heavy (non-hydrogen) atoms. The fraction of sp³-hybridized carbons (Fsp3) is 0.750. The SMILES string of the molecule is CCOC1OC1C=C(C)C. The van der Waals surface area contributed by atoms with E-state index in [9.17, 15) is 0 Å². The lowest BCUT2D eigenvalue weighted by Gasteiger charge is -1.90. The molecular formula is C8H14O2. The van der Waals surface area contributed by atoms with Gasteiger partial charge in [-0.2, -0.15) is 0 Å². The number of epoxide rings is 1. The summed E-state index contributed by atoms with van der Waals surface area (Å²) in [7, 11) is 0. The molecule has 1 rings (SSSR count). The third kappa shape index (κ3) is 2.12. The molecule has 1 fully saturated rings. The number of ether oxygens (including phenoxy) is 2. The second-order valence-electron chi connectivity index (χ2n) is 2.67. The van der Waals surface area contributed by atoms with Crippen molar-refractivity contribution in [1.29, 1.82) is 0 Å². The molecule has 58 valence electrons. The quantitative estimate of drug-likeness (QED) is 0.442. The summed E-state index contributed by atoms with van der Waals surface area (Å²) in [6, 6.07) is 0. The molecule has 1 aliphatic rings. The minimum Gasteiger partial charge on any atom is -0.350 e. The van der Waals surface area contributed by atoms with Crippen molar-refractivity contribution in [1.82, 2.24) is 0 Å². The molecule has 2 unspecified atom stereocenters. The smallest absolute Gasteiger partial charge is 0.188 e. The molecule has 0 amide bonds. The Balaban J connectivity index is 2.19. The number of allylic oxidation sites excluding steroid dienone is 1. The Morgan fingerprint density at radius 2 is 2.30 bits per heavy atom. The first-order valence-electron chi connectivity index (χ1n) is 3.66. The first-order chi connectivity index (χ1) is 4.74. The van der Waals surface area contributed by atoms with Gasteiger partial charge in [0.25, 0.3) is 0 Å². The highest BCUT2D eigenvalue weighted by molar-refractivity contribution is 5.05. The van der Waals surface area contributed by atoms with Crippen LogP contribution in [-0.4, -0.2) is 19.0 Å². The fourth-order valence-electron chi connectivity index (χ4n) is 0.854. The van der Waals surface area contributed by atoms with Gasteiger partial charge < -0.3 is 9.47 Å². The maximum atomic E-state index is 5.20. The minimum atomic E-state index is 0.0416. The van der Waals surface area contributed by atoms with E-state index in [1.807, 2.05) is 6.92 Å². The van der Waals surface area contributed by atoms with Crippen molar-refractivity contribution in [3.63, 3.8) is 0 Å². The van der Waals surface area contributed by atoms with Gasteiger partial charge in [0.1, 0.15) is 6.10 Å². The normalized spacial score (nSPS) is 29.9. The first kappa shape index (κ1) is 7.76. The third-order valence-electron chi connectivity index (χ3n) is 1.31. The molecule has 2 heteroatoms. The van der Waals surface area contributed by atoms with Crippen molar-refractivity contribution in [2.45, 2.75) is 33.2 Å². The van der Waals surface area contributed by atoms with Crippen molar-refractivity contribution < 1.29 is 9.47 Å². The Morgan fingerprint density at radius 1 is 1.60 bits per heavy atom. The van der Waals surface area contributed by atoms with Gasteiger partial charge in [0.05, 0.1) is 0 Å². The van der Waals surface area contributed by atoms with E-state index >= 15 is 0 Å². The molecule has 0 N–H and O–H groups in total. The van der Waals surface area contributed by atoms with E-state index in [0.717, 1.165) is 6.61 Å². The summed E-state index contributed by atoms with van der Waals surface area (Å²) in [4.78, 5) is 0. The van der Waals surface area contributed by atoms with Gasteiger partial charge in [-0.3, -0.25) is 0 Å². The predicted molar refractivity (Wildman–Crippen MR) is 39.7 cm³/mol. The lowest BCUT2D eigenvalue weighted by Crippen LogP contribution is -1.97. The zero-order valence-electron chi connectivity index (χ0n) is 6.76. The number of rotatable bonds is 3. The van der Waals surface area contributed by atoms with Gasteiger partial charge in [-0.05, 0) is 20.8 Å². The third-order valence-corrected chi connectivity index (χ3v) is 1.31. The van der Waals surface area contributed by atoms with E-state index in [0.29, 0.717) is 0 Å². The van der Waals surface area contributed by atoms with Crippen LogP contribution in [0.15, 0.2) is 11.6 Å². The van der Waals surface area contributed by atoms with E-state index in [4.69, 9.17) is 9.47 Å². The summed E-state index contributed by atoms with van der Waals surface area (Å²) in [5.41, 5.74) is 1.28. The Bertz CT molecular complexity index is 136. The molecule has 2 atom stereocenters. The molecule has 0 bridgehead atoms. The van der Waals surface area contributed by atoms with E-state index < -0.39 is 0 Å². The van der Waals surface area contributed by atoms with Crippen molar-refractivity contribution in [3.8, 4) is 0 Å². The lowest BCUT2D eigenvalue weighted by atomic mass is 10.3. The number of hydrogen-bond acceptors (Lipinski definition) is 2. The van der Waals surface area contributed by atoms with Gasteiger partial charge in [-0.1, -0.05) is 11.6 Å². The summed E-state index contributed by atoms with van der Waals surface area (Å²) < 4.78 is 10.4. The molecule has 0 saturated carbocycles. The average Bonchev–Trinajstić information content (AvgIpc) is 2.47. The van der Waals surface area contributed by atoms with Crippen molar-refractivity contribution in [2.75, 3.05) is 6.61 Å². The summed E-state index contributed by atoms with van der Waals surface area (Å²) in [6.45, 7) is 6.83. The maximum absolute atomic E-state index is 5.20. The van der Waals surface area contributed by atoms with Crippen LogP contribution in [0.1, 0.15) is 20.8 Å². The van der Waals surface area contributed by atoms with Crippen LogP contribution in [0.2, 0.25) is 0 Å². The van der Waals surface area contributed by atoms with Crippen LogP contribution in [-0.2, 0) is 9.47 Å². The van der Waals surface area contributed by atoms with Gasteiger partial charge >= 0.3 is 0 Å². The highest BCUT2D eigenvalue weighted by Crippen LogP contribution is 2.25. The molecule has 0 aromatic heterocycles. The summed E-state index contributed by atoms with van der Waals surface area (Å²) in [5.74, 6) is 0.